The summed E-state index contributed by atoms with van der Waals surface area (Å²) >= 11 is 0. The van der Waals surface area contributed by atoms with Crippen LogP contribution in [0.5, 0.6) is 0 Å². The molecule has 2 aromatic heterocycles. The lowest BCUT2D eigenvalue weighted by Gasteiger charge is -2.10. The first-order valence-corrected chi connectivity index (χ1v) is 9.45. The number of ether oxygens (including phenoxy) is 1. The van der Waals surface area contributed by atoms with Crippen molar-refractivity contribution >= 4 is 27.2 Å². The molecule has 0 atom stereocenters. The molecule has 28 heavy (non-hydrogen) atoms. The molecule has 0 unspecified atom stereocenters. The van der Waals surface area contributed by atoms with Crippen molar-refractivity contribution in [3.05, 3.63) is 59.9 Å². The van der Waals surface area contributed by atoms with Gasteiger partial charge in [0.15, 0.2) is 0 Å². The van der Waals surface area contributed by atoms with Crippen molar-refractivity contribution in [2.24, 2.45) is 0 Å². The molecule has 0 amide bonds. The van der Waals surface area contributed by atoms with Crippen LogP contribution in [0.15, 0.2) is 53.7 Å². The van der Waals surface area contributed by atoms with Gasteiger partial charge in [0, 0.05) is 6.20 Å². The molecule has 7 nitrogen and oxygen atoms in total. The number of alkyl halides is 3. The molecule has 0 saturated carbocycles. The smallest absolute Gasteiger partial charge is 0.416 e. The third kappa shape index (κ3) is 3.93. The predicted octanol–water partition coefficient (Wildman–Crippen LogP) is 3.33. The Kier molecular flexibility index (Phi) is 5.02. The first-order valence-electron chi connectivity index (χ1n) is 7.96. The number of benzene rings is 1. The SMILES string of the molecule is CCOC(=O)c1cnn2ccc(NS(=O)(=O)c3ccc(C(F)(F)F)cc3)cc12. The third-order valence-corrected chi connectivity index (χ3v) is 5.16. The highest BCUT2D eigenvalue weighted by Gasteiger charge is 2.30. The highest BCUT2D eigenvalue weighted by atomic mass is 32.2. The molecule has 0 aliphatic heterocycles. The first-order chi connectivity index (χ1) is 13.1. The number of hydrogen-bond acceptors (Lipinski definition) is 5. The molecule has 0 aliphatic carbocycles. The maximum absolute atomic E-state index is 12.6. The molecule has 0 aliphatic rings. The number of carbonyl (C=O) groups is 1. The molecule has 1 N–H and O–H groups in total. The minimum Gasteiger partial charge on any atom is -0.462 e. The largest absolute Gasteiger partial charge is 0.462 e. The van der Waals surface area contributed by atoms with Gasteiger partial charge in [-0.1, -0.05) is 0 Å². The summed E-state index contributed by atoms with van der Waals surface area (Å²) < 4.78 is 71.3. The Bertz CT molecular complexity index is 1120. The molecule has 3 rings (SSSR count). The number of halogens is 3. The van der Waals surface area contributed by atoms with Gasteiger partial charge >= 0.3 is 12.1 Å². The Balaban J connectivity index is 1.90. The second-order valence-electron chi connectivity index (χ2n) is 5.65. The second kappa shape index (κ2) is 7.15. The molecule has 1 aromatic carbocycles. The lowest BCUT2D eigenvalue weighted by atomic mass is 10.2. The van der Waals surface area contributed by atoms with Crippen molar-refractivity contribution in [1.29, 1.82) is 0 Å². The minimum absolute atomic E-state index is 0.110. The summed E-state index contributed by atoms with van der Waals surface area (Å²) in [6.45, 7) is 1.81. The zero-order chi connectivity index (χ0) is 20.5. The maximum atomic E-state index is 12.6. The van der Waals surface area contributed by atoms with Crippen LogP contribution in [0.1, 0.15) is 22.8 Å². The summed E-state index contributed by atoms with van der Waals surface area (Å²) in [5.41, 5.74) is -0.381. The molecule has 148 valence electrons. The molecule has 3 aromatic rings. The summed E-state index contributed by atoms with van der Waals surface area (Å²) in [6.07, 6.45) is -1.84. The van der Waals surface area contributed by atoms with Crippen molar-refractivity contribution in [3.8, 4) is 0 Å². The minimum atomic E-state index is -4.56. The molecule has 0 saturated heterocycles. The summed E-state index contributed by atoms with van der Waals surface area (Å²) in [5.74, 6) is -0.611. The van der Waals surface area contributed by atoms with Crippen LogP contribution in [-0.2, 0) is 20.9 Å². The van der Waals surface area contributed by atoms with E-state index in [0.29, 0.717) is 17.6 Å². The Morgan fingerprint density at radius 3 is 2.50 bits per heavy atom. The second-order valence-corrected chi connectivity index (χ2v) is 7.33. The predicted molar refractivity (Wildman–Crippen MR) is 93.4 cm³/mol. The Morgan fingerprint density at radius 2 is 1.89 bits per heavy atom. The van der Waals surface area contributed by atoms with E-state index in [2.05, 4.69) is 9.82 Å². The third-order valence-electron chi connectivity index (χ3n) is 3.76. The fraction of sp³-hybridized carbons (Fsp3) is 0.176. The number of anilines is 1. The average molecular weight is 413 g/mol. The Morgan fingerprint density at radius 1 is 1.21 bits per heavy atom. The van der Waals surface area contributed by atoms with Gasteiger partial charge in [-0.25, -0.2) is 17.7 Å². The molecular weight excluding hydrogens is 399 g/mol. The van der Waals surface area contributed by atoms with Crippen LogP contribution in [0.4, 0.5) is 18.9 Å². The topological polar surface area (TPSA) is 89.8 Å². The molecule has 0 bridgehead atoms. The van der Waals surface area contributed by atoms with Crippen molar-refractivity contribution < 1.29 is 31.1 Å². The summed E-state index contributed by atoms with van der Waals surface area (Å²) in [5, 5.41) is 3.98. The van der Waals surface area contributed by atoms with Crippen LogP contribution in [0.3, 0.4) is 0 Å². The maximum Gasteiger partial charge on any atom is 0.416 e. The number of rotatable bonds is 5. The number of carbonyl (C=O) groups excluding carboxylic acids is 1. The van der Waals surface area contributed by atoms with E-state index in [-0.39, 0.29) is 22.8 Å². The van der Waals surface area contributed by atoms with Gasteiger partial charge in [0.2, 0.25) is 0 Å². The van der Waals surface area contributed by atoms with Crippen LogP contribution >= 0.6 is 0 Å². The number of esters is 1. The van der Waals surface area contributed by atoms with E-state index in [0.717, 1.165) is 12.1 Å². The van der Waals surface area contributed by atoms with Crippen molar-refractivity contribution in [2.75, 3.05) is 11.3 Å². The Labute approximate surface area is 157 Å². The van der Waals surface area contributed by atoms with Crippen LogP contribution in [0.2, 0.25) is 0 Å². The quantitative estimate of drug-likeness (QED) is 0.648. The average Bonchev–Trinajstić information content (AvgIpc) is 3.04. The molecule has 0 fully saturated rings. The van der Waals surface area contributed by atoms with Gasteiger partial charge in [0.25, 0.3) is 10.0 Å². The number of nitrogens with one attached hydrogen (secondary N) is 1. The van der Waals surface area contributed by atoms with Gasteiger partial charge in [-0.15, -0.1) is 0 Å². The number of fused-ring (bicyclic) bond motifs is 1. The van der Waals surface area contributed by atoms with Gasteiger partial charge in [-0.3, -0.25) is 4.72 Å². The van der Waals surface area contributed by atoms with Crippen LogP contribution < -0.4 is 4.72 Å². The van der Waals surface area contributed by atoms with Crippen LogP contribution in [0, 0.1) is 0 Å². The fourth-order valence-electron chi connectivity index (χ4n) is 2.45. The zero-order valence-corrected chi connectivity index (χ0v) is 15.2. The molecule has 0 spiro atoms. The zero-order valence-electron chi connectivity index (χ0n) is 14.4. The molecule has 0 radical (unpaired) electrons. The molecular formula is C17H14F3N3O4S. The van der Waals surface area contributed by atoms with E-state index in [1.165, 1.54) is 29.0 Å². The van der Waals surface area contributed by atoms with Gasteiger partial charge in [-0.2, -0.15) is 18.3 Å². The Hall–Kier alpha value is -3.08. The molecule has 11 heteroatoms. The highest BCUT2D eigenvalue weighted by Crippen LogP contribution is 2.30. The van der Waals surface area contributed by atoms with Gasteiger partial charge in [-0.05, 0) is 43.3 Å². The summed E-state index contributed by atoms with van der Waals surface area (Å²) in [6, 6.07) is 5.89. The number of sulfonamides is 1. The van der Waals surface area contributed by atoms with Gasteiger partial charge in [0.05, 0.1) is 34.5 Å². The normalized spacial score (nSPS) is 12.1. The van der Waals surface area contributed by atoms with E-state index < -0.39 is 27.7 Å². The molecule has 2 heterocycles. The van der Waals surface area contributed by atoms with Crippen molar-refractivity contribution in [1.82, 2.24) is 9.61 Å². The lowest BCUT2D eigenvalue weighted by Crippen LogP contribution is -2.14. The summed E-state index contributed by atoms with van der Waals surface area (Å²) in [4.78, 5) is 11.6. The number of hydrogen-bond donors (Lipinski definition) is 1. The summed E-state index contributed by atoms with van der Waals surface area (Å²) in [7, 11) is -4.13. The van der Waals surface area contributed by atoms with E-state index in [1.54, 1.807) is 6.92 Å². The van der Waals surface area contributed by atoms with E-state index in [4.69, 9.17) is 4.74 Å². The van der Waals surface area contributed by atoms with Crippen LogP contribution in [-0.4, -0.2) is 30.6 Å². The van der Waals surface area contributed by atoms with E-state index in [9.17, 15) is 26.4 Å². The monoisotopic (exact) mass is 413 g/mol. The van der Waals surface area contributed by atoms with Gasteiger partial charge < -0.3 is 4.74 Å². The van der Waals surface area contributed by atoms with Gasteiger partial charge in [0.1, 0.15) is 5.56 Å². The highest BCUT2D eigenvalue weighted by molar-refractivity contribution is 7.92. The fourth-order valence-corrected chi connectivity index (χ4v) is 3.50. The van der Waals surface area contributed by atoms with E-state index >= 15 is 0 Å². The first kappa shape index (κ1) is 19.7. The van der Waals surface area contributed by atoms with Crippen LogP contribution in [0.25, 0.3) is 5.52 Å². The van der Waals surface area contributed by atoms with Crippen molar-refractivity contribution in [3.63, 3.8) is 0 Å². The number of aromatic nitrogens is 2. The van der Waals surface area contributed by atoms with E-state index in [1.807, 2.05) is 0 Å². The lowest BCUT2D eigenvalue weighted by molar-refractivity contribution is -0.137. The number of nitrogens with zero attached hydrogens (tertiary/aromatic N) is 2. The number of pyridine rings is 1. The standard InChI is InChI=1S/C17H14F3N3O4S/c1-2-27-16(24)14-10-21-23-8-7-12(9-15(14)23)22-28(25,26)13-5-3-11(4-6-13)17(18,19)20/h3-10,22H,2H2,1H3. The van der Waals surface area contributed by atoms with Crippen molar-refractivity contribution in [2.45, 2.75) is 18.0 Å².